The maximum absolute atomic E-state index is 12.1. The van der Waals surface area contributed by atoms with Gasteiger partial charge in [0.05, 0.1) is 0 Å². The Morgan fingerprint density at radius 1 is 1.23 bits per heavy atom. The largest absolute Gasteiger partial charge is 0.456 e. The van der Waals surface area contributed by atoms with Gasteiger partial charge in [0.25, 0.3) is 5.91 Å². The SMILES string of the molecule is CC(C)C[C@H](CN)CC(=O)OCC(=O)N(C)C1CCCCC1. The van der Waals surface area contributed by atoms with Gasteiger partial charge in [-0.25, -0.2) is 0 Å². The second-order valence-electron chi connectivity index (χ2n) is 6.89. The molecule has 0 unspecified atom stereocenters. The van der Waals surface area contributed by atoms with Crippen LogP contribution in [0.3, 0.4) is 0 Å². The van der Waals surface area contributed by atoms with E-state index in [0.29, 0.717) is 24.9 Å². The Morgan fingerprint density at radius 3 is 2.41 bits per heavy atom. The minimum Gasteiger partial charge on any atom is -0.456 e. The molecule has 0 saturated heterocycles. The Labute approximate surface area is 134 Å². The Morgan fingerprint density at radius 2 is 1.86 bits per heavy atom. The predicted octanol–water partition coefficient (Wildman–Crippen LogP) is 2.33. The highest BCUT2D eigenvalue weighted by atomic mass is 16.5. The number of nitrogens with two attached hydrogens (primary N) is 1. The number of nitrogens with zero attached hydrogens (tertiary/aromatic N) is 1. The zero-order chi connectivity index (χ0) is 16.5. The van der Waals surface area contributed by atoms with Crippen LogP contribution in [0.1, 0.15) is 58.8 Å². The Hall–Kier alpha value is -1.10. The summed E-state index contributed by atoms with van der Waals surface area (Å²) >= 11 is 0. The predicted molar refractivity (Wildman–Crippen MR) is 87.2 cm³/mol. The average Bonchev–Trinajstić information content (AvgIpc) is 2.51. The van der Waals surface area contributed by atoms with Gasteiger partial charge in [0.2, 0.25) is 0 Å². The van der Waals surface area contributed by atoms with E-state index in [2.05, 4.69) is 13.8 Å². The highest BCUT2D eigenvalue weighted by Crippen LogP contribution is 2.21. The molecule has 5 nitrogen and oxygen atoms in total. The minimum absolute atomic E-state index is 0.103. The number of amides is 1. The molecule has 0 aliphatic heterocycles. The first-order chi connectivity index (χ1) is 10.4. The maximum Gasteiger partial charge on any atom is 0.306 e. The van der Waals surface area contributed by atoms with E-state index in [1.54, 1.807) is 4.90 Å². The van der Waals surface area contributed by atoms with E-state index in [1.807, 2.05) is 7.05 Å². The summed E-state index contributed by atoms with van der Waals surface area (Å²) in [5, 5.41) is 0. The van der Waals surface area contributed by atoms with E-state index >= 15 is 0 Å². The van der Waals surface area contributed by atoms with Crippen LogP contribution in [0.15, 0.2) is 0 Å². The summed E-state index contributed by atoms with van der Waals surface area (Å²) in [7, 11) is 1.81. The van der Waals surface area contributed by atoms with Crippen molar-refractivity contribution >= 4 is 11.9 Å². The number of esters is 1. The highest BCUT2D eigenvalue weighted by molar-refractivity contribution is 5.80. The molecule has 0 bridgehead atoms. The Kier molecular flexibility index (Phi) is 8.46. The van der Waals surface area contributed by atoms with E-state index < -0.39 is 0 Å². The lowest BCUT2D eigenvalue weighted by molar-refractivity contribution is -0.153. The number of ether oxygens (including phenoxy) is 1. The van der Waals surface area contributed by atoms with Gasteiger partial charge in [0.1, 0.15) is 0 Å². The van der Waals surface area contributed by atoms with Crippen LogP contribution in [-0.2, 0) is 14.3 Å². The molecule has 1 amide bonds. The molecule has 5 heteroatoms. The van der Waals surface area contributed by atoms with E-state index in [9.17, 15) is 9.59 Å². The smallest absolute Gasteiger partial charge is 0.306 e. The van der Waals surface area contributed by atoms with Crippen LogP contribution >= 0.6 is 0 Å². The normalized spacial score (nSPS) is 17.3. The maximum atomic E-state index is 12.1. The van der Waals surface area contributed by atoms with Crippen LogP contribution < -0.4 is 5.73 Å². The van der Waals surface area contributed by atoms with Crippen molar-refractivity contribution in [1.82, 2.24) is 4.90 Å². The molecule has 2 N–H and O–H groups in total. The van der Waals surface area contributed by atoms with Gasteiger partial charge in [0.15, 0.2) is 6.61 Å². The number of rotatable bonds is 8. The molecule has 0 aromatic heterocycles. The number of hydrogen-bond acceptors (Lipinski definition) is 4. The lowest BCUT2D eigenvalue weighted by Gasteiger charge is -2.31. The van der Waals surface area contributed by atoms with E-state index in [4.69, 9.17) is 10.5 Å². The Bertz CT molecular complexity index is 352. The van der Waals surface area contributed by atoms with Gasteiger partial charge in [-0.05, 0) is 37.6 Å². The van der Waals surface area contributed by atoms with E-state index in [-0.39, 0.29) is 24.4 Å². The van der Waals surface area contributed by atoms with Crippen LogP contribution in [0.5, 0.6) is 0 Å². The molecular formula is C17H32N2O3. The van der Waals surface area contributed by atoms with Crippen LogP contribution in [0, 0.1) is 11.8 Å². The summed E-state index contributed by atoms with van der Waals surface area (Å²) in [6.07, 6.45) is 6.92. The summed E-state index contributed by atoms with van der Waals surface area (Å²) in [5.41, 5.74) is 5.69. The van der Waals surface area contributed by atoms with Crippen molar-refractivity contribution in [3.63, 3.8) is 0 Å². The average molecular weight is 312 g/mol. The minimum atomic E-state index is -0.318. The summed E-state index contributed by atoms with van der Waals surface area (Å²) in [4.78, 5) is 25.7. The van der Waals surface area contributed by atoms with Crippen molar-refractivity contribution in [3.8, 4) is 0 Å². The van der Waals surface area contributed by atoms with E-state index in [1.165, 1.54) is 19.3 Å². The van der Waals surface area contributed by atoms with Crippen molar-refractivity contribution in [2.75, 3.05) is 20.2 Å². The topological polar surface area (TPSA) is 72.6 Å². The van der Waals surface area contributed by atoms with Crippen LogP contribution in [-0.4, -0.2) is 43.0 Å². The second-order valence-corrected chi connectivity index (χ2v) is 6.89. The fraction of sp³-hybridized carbons (Fsp3) is 0.882. The molecular weight excluding hydrogens is 280 g/mol. The molecule has 1 aliphatic carbocycles. The summed E-state index contributed by atoms with van der Waals surface area (Å²) in [5.74, 6) is 0.217. The molecule has 0 aromatic carbocycles. The van der Waals surface area contributed by atoms with Gasteiger partial charge < -0.3 is 15.4 Å². The van der Waals surface area contributed by atoms with Crippen molar-refractivity contribution in [2.45, 2.75) is 64.8 Å². The first-order valence-corrected chi connectivity index (χ1v) is 8.55. The molecule has 0 aromatic rings. The zero-order valence-corrected chi connectivity index (χ0v) is 14.3. The van der Waals surface area contributed by atoms with Crippen LogP contribution in [0.2, 0.25) is 0 Å². The first-order valence-electron chi connectivity index (χ1n) is 8.55. The third-order valence-corrected chi connectivity index (χ3v) is 4.47. The lowest BCUT2D eigenvalue weighted by atomic mass is 9.94. The summed E-state index contributed by atoms with van der Waals surface area (Å²) in [6.45, 7) is 4.54. The molecule has 0 spiro atoms. The van der Waals surface area contributed by atoms with E-state index in [0.717, 1.165) is 19.3 Å². The molecule has 1 atom stereocenters. The lowest BCUT2D eigenvalue weighted by Crippen LogP contribution is -2.40. The summed E-state index contributed by atoms with van der Waals surface area (Å²) < 4.78 is 5.14. The third kappa shape index (κ3) is 6.77. The standard InChI is InChI=1S/C17H32N2O3/c1-13(2)9-14(11-18)10-17(21)22-12-16(20)19(3)15-7-5-4-6-8-15/h13-15H,4-12,18H2,1-3H3/t14-/m0/s1. The van der Waals surface area contributed by atoms with Gasteiger partial charge in [0, 0.05) is 19.5 Å². The van der Waals surface area contributed by atoms with Gasteiger partial charge in [-0.15, -0.1) is 0 Å². The molecule has 22 heavy (non-hydrogen) atoms. The summed E-state index contributed by atoms with van der Waals surface area (Å²) in [6, 6.07) is 0.303. The van der Waals surface area contributed by atoms with Crippen LogP contribution in [0.4, 0.5) is 0 Å². The molecule has 1 fully saturated rings. The molecule has 1 rings (SSSR count). The molecule has 1 aliphatic rings. The van der Waals surface area contributed by atoms with Crippen molar-refractivity contribution < 1.29 is 14.3 Å². The molecule has 1 saturated carbocycles. The monoisotopic (exact) mass is 312 g/mol. The quantitative estimate of drug-likeness (QED) is 0.698. The molecule has 0 radical (unpaired) electrons. The molecule has 128 valence electrons. The number of carbonyl (C=O) groups excluding carboxylic acids is 2. The Balaban J connectivity index is 2.31. The van der Waals surface area contributed by atoms with Crippen molar-refractivity contribution in [2.24, 2.45) is 17.6 Å². The second kappa shape index (κ2) is 9.82. The van der Waals surface area contributed by atoms with Gasteiger partial charge in [-0.3, -0.25) is 9.59 Å². The van der Waals surface area contributed by atoms with Crippen molar-refractivity contribution in [3.05, 3.63) is 0 Å². The highest BCUT2D eigenvalue weighted by Gasteiger charge is 2.23. The van der Waals surface area contributed by atoms with Gasteiger partial charge in [-0.1, -0.05) is 33.1 Å². The van der Waals surface area contributed by atoms with Gasteiger partial charge in [-0.2, -0.15) is 0 Å². The third-order valence-electron chi connectivity index (χ3n) is 4.47. The number of hydrogen-bond donors (Lipinski definition) is 1. The van der Waals surface area contributed by atoms with Gasteiger partial charge >= 0.3 is 5.97 Å². The number of likely N-dealkylation sites (N-methyl/N-ethyl adjacent to an activating group) is 1. The van der Waals surface area contributed by atoms with Crippen LogP contribution in [0.25, 0.3) is 0 Å². The first kappa shape index (κ1) is 18.9. The zero-order valence-electron chi connectivity index (χ0n) is 14.3. The molecule has 0 heterocycles. The fourth-order valence-corrected chi connectivity index (χ4v) is 3.14. The van der Waals surface area contributed by atoms with Crippen molar-refractivity contribution in [1.29, 1.82) is 0 Å². The number of carbonyl (C=O) groups is 2. The fourth-order valence-electron chi connectivity index (χ4n) is 3.14.